The maximum atomic E-state index is 11.6. The van der Waals surface area contributed by atoms with E-state index in [2.05, 4.69) is 20.8 Å². The third-order valence-electron chi connectivity index (χ3n) is 2.70. The number of aromatic nitrogens is 2. The summed E-state index contributed by atoms with van der Waals surface area (Å²) >= 11 is 0. The molecule has 0 atom stereocenters. The van der Waals surface area contributed by atoms with Crippen LogP contribution in [0.3, 0.4) is 0 Å². The first-order valence-corrected chi connectivity index (χ1v) is 6.54. The first-order valence-electron chi connectivity index (χ1n) is 6.54. The molecule has 0 saturated heterocycles. The predicted molar refractivity (Wildman–Crippen MR) is 73.9 cm³/mol. The number of rotatable bonds is 7. The zero-order valence-corrected chi connectivity index (χ0v) is 11.4. The first kappa shape index (κ1) is 14.2. The van der Waals surface area contributed by atoms with E-state index in [-0.39, 0.29) is 12.5 Å². The fraction of sp³-hybridized carbons (Fsp3) is 0.357. The van der Waals surface area contributed by atoms with E-state index < -0.39 is 0 Å². The quantitative estimate of drug-likeness (QED) is 0.731. The molecule has 20 heavy (non-hydrogen) atoms. The second kappa shape index (κ2) is 7.40. The number of aryl methyl sites for hydroxylation is 1. The van der Waals surface area contributed by atoms with Crippen molar-refractivity contribution in [1.29, 1.82) is 0 Å². The molecule has 0 aliphatic carbocycles. The number of carbonyl (C=O) groups excluding carboxylic acids is 1. The smallest absolute Gasteiger partial charge is 0.234 e. The Labute approximate surface area is 117 Å². The van der Waals surface area contributed by atoms with Gasteiger partial charge in [-0.25, -0.2) is 0 Å². The van der Waals surface area contributed by atoms with Crippen molar-refractivity contribution >= 4 is 5.91 Å². The van der Waals surface area contributed by atoms with Crippen LogP contribution in [0.25, 0.3) is 0 Å². The van der Waals surface area contributed by atoms with E-state index in [1.165, 1.54) is 0 Å². The number of benzene rings is 1. The maximum absolute atomic E-state index is 11.6. The Morgan fingerprint density at radius 3 is 2.80 bits per heavy atom. The van der Waals surface area contributed by atoms with Crippen molar-refractivity contribution in [3.63, 3.8) is 0 Å². The monoisotopic (exact) mass is 274 g/mol. The van der Waals surface area contributed by atoms with Crippen LogP contribution in [0.4, 0.5) is 0 Å². The second-order valence-corrected chi connectivity index (χ2v) is 4.42. The second-order valence-electron chi connectivity index (χ2n) is 4.42. The highest BCUT2D eigenvalue weighted by atomic mass is 16.5. The Balaban J connectivity index is 1.58. The molecule has 2 N–H and O–H groups in total. The minimum Gasteiger partial charge on any atom is -0.351 e. The van der Waals surface area contributed by atoms with Crippen molar-refractivity contribution in [3.8, 4) is 0 Å². The number of nitrogens with zero attached hydrogens (tertiary/aromatic N) is 2. The van der Waals surface area contributed by atoms with Crippen LogP contribution in [0.1, 0.15) is 17.3 Å². The lowest BCUT2D eigenvalue weighted by Crippen LogP contribution is -2.34. The topological polar surface area (TPSA) is 80.0 Å². The Morgan fingerprint density at radius 1 is 1.30 bits per heavy atom. The third-order valence-corrected chi connectivity index (χ3v) is 2.70. The summed E-state index contributed by atoms with van der Waals surface area (Å²) in [6.07, 6.45) is 0.618. The number of hydrogen-bond donors (Lipinski definition) is 2. The summed E-state index contributed by atoms with van der Waals surface area (Å²) in [6, 6.07) is 9.81. The molecule has 6 nitrogen and oxygen atoms in total. The van der Waals surface area contributed by atoms with Crippen molar-refractivity contribution in [2.75, 3.05) is 13.1 Å². The van der Waals surface area contributed by atoms with Crippen molar-refractivity contribution < 1.29 is 9.32 Å². The molecule has 0 fully saturated rings. The van der Waals surface area contributed by atoms with E-state index in [0.717, 1.165) is 5.56 Å². The maximum Gasteiger partial charge on any atom is 0.234 e. The molecule has 0 saturated carbocycles. The summed E-state index contributed by atoms with van der Waals surface area (Å²) in [5.41, 5.74) is 1.09. The average Bonchev–Trinajstić information content (AvgIpc) is 2.88. The minimum absolute atomic E-state index is 0.0319. The third kappa shape index (κ3) is 4.81. The van der Waals surface area contributed by atoms with E-state index in [4.69, 9.17) is 4.52 Å². The summed E-state index contributed by atoms with van der Waals surface area (Å²) in [5.74, 6) is 1.18. The van der Waals surface area contributed by atoms with Gasteiger partial charge in [-0.05, 0) is 12.5 Å². The van der Waals surface area contributed by atoms with Crippen molar-refractivity contribution in [2.45, 2.75) is 19.9 Å². The van der Waals surface area contributed by atoms with Crippen LogP contribution < -0.4 is 10.6 Å². The summed E-state index contributed by atoms with van der Waals surface area (Å²) in [6.45, 7) is 3.22. The average molecular weight is 274 g/mol. The normalized spacial score (nSPS) is 10.4. The standard InChI is InChI=1S/C14H18N4O2/c1-11-17-14(20-18-11)7-8-15-10-13(19)16-9-12-5-3-2-4-6-12/h2-6,15H,7-10H2,1H3,(H,16,19). The van der Waals surface area contributed by atoms with Crippen LogP contribution in [0.5, 0.6) is 0 Å². The van der Waals surface area contributed by atoms with Crippen molar-refractivity contribution in [2.24, 2.45) is 0 Å². The van der Waals surface area contributed by atoms with Gasteiger partial charge in [0, 0.05) is 19.5 Å². The number of nitrogens with one attached hydrogen (secondary N) is 2. The zero-order chi connectivity index (χ0) is 14.2. The Hall–Kier alpha value is -2.21. The van der Waals surface area contributed by atoms with Crippen molar-refractivity contribution in [3.05, 3.63) is 47.6 Å². The van der Waals surface area contributed by atoms with Gasteiger partial charge in [0.1, 0.15) is 0 Å². The molecule has 0 aliphatic heterocycles. The minimum atomic E-state index is -0.0319. The summed E-state index contributed by atoms with van der Waals surface area (Å²) < 4.78 is 4.97. The van der Waals surface area contributed by atoms with E-state index in [1.54, 1.807) is 6.92 Å². The lowest BCUT2D eigenvalue weighted by atomic mass is 10.2. The number of hydrogen-bond acceptors (Lipinski definition) is 5. The van der Waals surface area contributed by atoms with Crippen molar-refractivity contribution in [1.82, 2.24) is 20.8 Å². The molecule has 0 spiro atoms. The summed E-state index contributed by atoms with van der Waals surface area (Å²) in [5, 5.41) is 9.59. The Kier molecular flexibility index (Phi) is 5.25. The Bertz CT molecular complexity index is 539. The van der Waals surface area contributed by atoms with Gasteiger partial charge in [0.15, 0.2) is 5.82 Å². The molecule has 0 radical (unpaired) electrons. The first-order chi connectivity index (χ1) is 9.74. The molecule has 2 rings (SSSR count). The highest BCUT2D eigenvalue weighted by molar-refractivity contribution is 5.77. The fourth-order valence-electron chi connectivity index (χ4n) is 1.70. The summed E-state index contributed by atoms with van der Waals surface area (Å²) in [4.78, 5) is 15.7. The van der Waals surface area contributed by atoms with Gasteiger partial charge < -0.3 is 15.2 Å². The largest absolute Gasteiger partial charge is 0.351 e. The molecular weight excluding hydrogens is 256 g/mol. The molecule has 1 heterocycles. The Morgan fingerprint density at radius 2 is 2.10 bits per heavy atom. The van der Waals surface area contributed by atoms with Crippen LogP contribution >= 0.6 is 0 Å². The van der Waals surface area contributed by atoms with E-state index >= 15 is 0 Å². The van der Waals surface area contributed by atoms with Crippen LogP contribution in [0, 0.1) is 6.92 Å². The van der Waals surface area contributed by atoms with Gasteiger partial charge in [0.25, 0.3) is 0 Å². The molecule has 6 heteroatoms. The molecule has 2 aromatic rings. The molecule has 1 amide bonds. The molecule has 0 bridgehead atoms. The van der Waals surface area contributed by atoms with E-state index in [0.29, 0.717) is 31.2 Å². The van der Waals surface area contributed by atoms with Crippen LogP contribution in [-0.4, -0.2) is 29.1 Å². The van der Waals surface area contributed by atoms with Gasteiger partial charge in [0.05, 0.1) is 6.54 Å². The van der Waals surface area contributed by atoms with Gasteiger partial charge >= 0.3 is 0 Å². The van der Waals surface area contributed by atoms with E-state index in [9.17, 15) is 4.79 Å². The van der Waals surface area contributed by atoms with Crippen LogP contribution in [0.2, 0.25) is 0 Å². The number of amides is 1. The molecular formula is C14H18N4O2. The molecule has 0 unspecified atom stereocenters. The zero-order valence-electron chi connectivity index (χ0n) is 11.4. The lowest BCUT2D eigenvalue weighted by Gasteiger charge is -2.06. The predicted octanol–water partition coefficient (Wildman–Crippen LogP) is 0.827. The molecule has 0 aliphatic rings. The number of carbonyl (C=O) groups is 1. The van der Waals surface area contributed by atoms with Crippen LogP contribution in [0.15, 0.2) is 34.9 Å². The highest BCUT2D eigenvalue weighted by Gasteiger charge is 2.03. The molecule has 1 aromatic heterocycles. The van der Waals surface area contributed by atoms with Gasteiger partial charge in [-0.2, -0.15) is 4.98 Å². The lowest BCUT2D eigenvalue weighted by molar-refractivity contribution is -0.120. The fourth-order valence-corrected chi connectivity index (χ4v) is 1.70. The highest BCUT2D eigenvalue weighted by Crippen LogP contribution is 1.97. The van der Waals surface area contributed by atoms with Gasteiger partial charge in [-0.1, -0.05) is 35.5 Å². The molecule has 106 valence electrons. The molecule has 1 aromatic carbocycles. The summed E-state index contributed by atoms with van der Waals surface area (Å²) in [7, 11) is 0. The van der Waals surface area contributed by atoms with E-state index in [1.807, 2.05) is 30.3 Å². The van der Waals surface area contributed by atoms with Crippen LogP contribution in [-0.2, 0) is 17.8 Å². The van der Waals surface area contributed by atoms with Gasteiger partial charge in [-0.3, -0.25) is 4.79 Å². The van der Waals surface area contributed by atoms with Gasteiger partial charge in [-0.15, -0.1) is 0 Å². The SMILES string of the molecule is Cc1noc(CCNCC(=O)NCc2ccccc2)n1. The van der Waals surface area contributed by atoms with Gasteiger partial charge in [0.2, 0.25) is 11.8 Å².